The predicted molar refractivity (Wildman–Crippen MR) is 136 cm³/mol. The van der Waals surface area contributed by atoms with Gasteiger partial charge in [0.1, 0.15) is 17.5 Å². The molecular weight excluding hydrogens is 504 g/mol. The lowest BCUT2D eigenvalue weighted by Gasteiger charge is -2.47. The summed E-state index contributed by atoms with van der Waals surface area (Å²) in [4.78, 5) is 11.1. The molecule has 3 aromatic rings. The molecule has 0 aliphatic carbocycles. The number of hydrogen-bond acceptors (Lipinski definition) is 7. The number of anilines is 1. The number of alkyl halides is 3. The minimum atomic E-state index is -4.80. The maximum absolute atomic E-state index is 14.8. The summed E-state index contributed by atoms with van der Waals surface area (Å²) in [6, 6.07) is 6.07. The molecule has 2 atom stereocenters. The number of aromatic nitrogens is 2. The number of hydrogen-bond donors (Lipinski definition) is 1. The number of methoxy groups -OCH3 is 1. The van der Waals surface area contributed by atoms with E-state index in [4.69, 9.17) is 14.2 Å². The van der Waals surface area contributed by atoms with Crippen LogP contribution >= 0.6 is 0 Å². The van der Waals surface area contributed by atoms with Crippen molar-refractivity contribution in [1.82, 2.24) is 14.9 Å². The van der Waals surface area contributed by atoms with Crippen molar-refractivity contribution in [2.75, 3.05) is 46.3 Å². The van der Waals surface area contributed by atoms with Crippen LogP contribution in [0.3, 0.4) is 0 Å². The summed E-state index contributed by atoms with van der Waals surface area (Å²) >= 11 is 0. The molecule has 0 bridgehead atoms. The molecule has 38 heavy (non-hydrogen) atoms. The van der Waals surface area contributed by atoms with Gasteiger partial charge in [0.05, 0.1) is 49.5 Å². The van der Waals surface area contributed by atoms with Gasteiger partial charge in [-0.05, 0) is 47.0 Å². The summed E-state index contributed by atoms with van der Waals surface area (Å²) in [6.45, 7) is 6.91. The summed E-state index contributed by atoms with van der Waals surface area (Å²) in [5.74, 6) is 0.395. The SMILES string of the molecule is COc1cc2nc(C)nc(N[C@H](C)c3cccc(C(F)(F)F)c3F)c2cc1OCC1([C@@H](C)N(C)C)COC1. The van der Waals surface area contributed by atoms with Crippen LogP contribution in [-0.2, 0) is 10.9 Å². The van der Waals surface area contributed by atoms with Crippen LogP contribution in [0.25, 0.3) is 10.9 Å². The molecule has 206 valence electrons. The largest absolute Gasteiger partial charge is 0.493 e. The highest BCUT2D eigenvalue weighted by molar-refractivity contribution is 5.92. The fraction of sp³-hybridized carbons (Fsp3) is 0.481. The Balaban J connectivity index is 1.68. The van der Waals surface area contributed by atoms with Gasteiger partial charge in [0, 0.05) is 23.1 Å². The van der Waals surface area contributed by atoms with Crippen molar-refractivity contribution in [2.24, 2.45) is 5.41 Å². The number of benzene rings is 2. The molecule has 7 nitrogen and oxygen atoms in total. The van der Waals surface area contributed by atoms with E-state index in [1.165, 1.54) is 19.2 Å². The van der Waals surface area contributed by atoms with Gasteiger partial charge in [-0.3, -0.25) is 0 Å². The number of fused-ring (bicyclic) bond motifs is 1. The Morgan fingerprint density at radius 2 is 1.84 bits per heavy atom. The van der Waals surface area contributed by atoms with Crippen LogP contribution in [0.15, 0.2) is 30.3 Å². The topological polar surface area (TPSA) is 68.7 Å². The highest BCUT2D eigenvalue weighted by atomic mass is 19.4. The Kier molecular flexibility index (Phi) is 7.72. The smallest absolute Gasteiger partial charge is 0.419 e. The van der Waals surface area contributed by atoms with Crippen LogP contribution in [0.1, 0.15) is 36.8 Å². The number of nitrogens with zero attached hydrogens (tertiary/aromatic N) is 3. The Morgan fingerprint density at radius 1 is 1.13 bits per heavy atom. The van der Waals surface area contributed by atoms with Crippen molar-refractivity contribution in [3.8, 4) is 11.5 Å². The van der Waals surface area contributed by atoms with Gasteiger partial charge in [-0.25, -0.2) is 14.4 Å². The fourth-order valence-electron chi connectivity index (χ4n) is 4.60. The zero-order chi connectivity index (χ0) is 27.8. The lowest BCUT2D eigenvalue weighted by Crippen LogP contribution is -2.58. The van der Waals surface area contributed by atoms with Crippen LogP contribution in [0.2, 0.25) is 0 Å². The lowest BCUT2D eigenvalue weighted by molar-refractivity contribution is -0.162. The van der Waals surface area contributed by atoms with Crippen LogP contribution in [0, 0.1) is 18.2 Å². The third kappa shape index (κ3) is 5.35. The van der Waals surface area contributed by atoms with E-state index in [0.717, 1.165) is 6.07 Å². The second-order valence-corrected chi connectivity index (χ2v) is 10.00. The summed E-state index contributed by atoms with van der Waals surface area (Å²) in [7, 11) is 5.55. The summed E-state index contributed by atoms with van der Waals surface area (Å²) in [5, 5.41) is 3.63. The number of rotatable bonds is 9. The molecule has 0 amide bonds. The van der Waals surface area contributed by atoms with Crippen molar-refractivity contribution in [1.29, 1.82) is 0 Å². The molecule has 0 unspecified atom stereocenters. The van der Waals surface area contributed by atoms with Crippen molar-refractivity contribution < 1.29 is 31.8 Å². The van der Waals surface area contributed by atoms with E-state index in [-0.39, 0.29) is 17.0 Å². The van der Waals surface area contributed by atoms with E-state index in [0.29, 0.717) is 53.9 Å². The van der Waals surface area contributed by atoms with Crippen molar-refractivity contribution in [2.45, 2.75) is 39.0 Å². The monoisotopic (exact) mass is 536 g/mol. The molecule has 1 N–H and O–H groups in total. The molecule has 0 radical (unpaired) electrons. The molecule has 0 spiro atoms. The van der Waals surface area contributed by atoms with Gasteiger partial charge in [0.2, 0.25) is 0 Å². The number of nitrogens with one attached hydrogen (secondary N) is 1. The number of halogens is 4. The molecule has 1 aromatic heterocycles. The quantitative estimate of drug-likeness (QED) is 0.356. The number of aryl methyl sites for hydroxylation is 1. The Morgan fingerprint density at radius 3 is 2.42 bits per heavy atom. The van der Waals surface area contributed by atoms with Crippen molar-refractivity contribution in [3.05, 3.63) is 53.1 Å². The third-order valence-corrected chi connectivity index (χ3v) is 7.20. The normalized spacial score (nSPS) is 16.7. The first kappa shape index (κ1) is 27.8. The third-order valence-electron chi connectivity index (χ3n) is 7.20. The lowest BCUT2D eigenvalue weighted by atomic mass is 9.79. The zero-order valence-electron chi connectivity index (χ0n) is 22.2. The van der Waals surface area contributed by atoms with Gasteiger partial charge >= 0.3 is 6.18 Å². The van der Waals surface area contributed by atoms with Crippen molar-refractivity contribution in [3.63, 3.8) is 0 Å². The Hall–Kier alpha value is -3.18. The highest BCUT2D eigenvalue weighted by Crippen LogP contribution is 2.40. The summed E-state index contributed by atoms with van der Waals surface area (Å²) < 4.78 is 71.9. The molecule has 4 rings (SSSR count). The molecule has 1 saturated heterocycles. The molecule has 2 heterocycles. The predicted octanol–water partition coefficient (Wildman–Crippen LogP) is 5.62. The van der Waals surface area contributed by atoms with Crippen LogP contribution in [0.4, 0.5) is 23.4 Å². The zero-order valence-corrected chi connectivity index (χ0v) is 22.2. The van der Waals surface area contributed by atoms with E-state index in [1.54, 1.807) is 26.0 Å². The Labute approximate surface area is 219 Å². The van der Waals surface area contributed by atoms with Gasteiger partial charge in [0.15, 0.2) is 11.5 Å². The second kappa shape index (κ2) is 10.5. The molecule has 11 heteroatoms. The molecular formula is C27H32F4N4O3. The molecule has 1 aliphatic heterocycles. The minimum Gasteiger partial charge on any atom is -0.493 e. The fourth-order valence-corrected chi connectivity index (χ4v) is 4.60. The van der Waals surface area contributed by atoms with Crippen molar-refractivity contribution >= 4 is 16.7 Å². The summed E-state index contributed by atoms with van der Waals surface area (Å²) in [5.41, 5.74) is -1.08. The van der Waals surface area contributed by atoms with Gasteiger partial charge in [0.25, 0.3) is 0 Å². The van der Waals surface area contributed by atoms with Crippen LogP contribution < -0.4 is 14.8 Å². The average Bonchev–Trinajstić information content (AvgIpc) is 2.82. The van der Waals surface area contributed by atoms with E-state index in [2.05, 4.69) is 27.1 Å². The molecule has 0 saturated carbocycles. The van der Waals surface area contributed by atoms with E-state index in [1.807, 2.05) is 14.1 Å². The first-order valence-electron chi connectivity index (χ1n) is 12.2. The first-order chi connectivity index (χ1) is 17.9. The van der Waals surface area contributed by atoms with Gasteiger partial charge in [-0.1, -0.05) is 12.1 Å². The van der Waals surface area contributed by atoms with E-state index >= 15 is 0 Å². The first-order valence-corrected chi connectivity index (χ1v) is 12.2. The molecule has 2 aromatic carbocycles. The highest BCUT2D eigenvalue weighted by Gasteiger charge is 2.45. The van der Waals surface area contributed by atoms with Crippen LogP contribution in [-0.4, -0.2) is 61.9 Å². The maximum atomic E-state index is 14.8. The average molecular weight is 537 g/mol. The van der Waals surface area contributed by atoms with Crippen LogP contribution in [0.5, 0.6) is 11.5 Å². The number of ether oxygens (including phenoxy) is 3. The Bertz CT molecular complexity index is 1310. The molecule has 1 fully saturated rings. The standard InChI is InChI=1S/C27H32F4N4O3/c1-15(18-8-7-9-20(24(18)28)27(29,30)31)32-25-19-10-23(22(36-6)11-21(19)33-17(3)34-25)38-14-26(12-37-13-26)16(2)35(4)5/h7-11,15-16H,12-14H2,1-6H3,(H,32,33,34)/t15-,16-/m1/s1. The van der Waals surface area contributed by atoms with Gasteiger partial charge in [-0.2, -0.15) is 13.2 Å². The van der Waals surface area contributed by atoms with E-state index < -0.39 is 23.6 Å². The van der Waals surface area contributed by atoms with Gasteiger partial charge < -0.3 is 24.4 Å². The maximum Gasteiger partial charge on any atom is 0.419 e. The molecule has 1 aliphatic rings. The minimum absolute atomic E-state index is 0.126. The van der Waals surface area contributed by atoms with Gasteiger partial charge in [-0.15, -0.1) is 0 Å². The van der Waals surface area contributed by atoms with E-state index in [9.17, 15) is 17.6 Å². The summed E-state index contributed by atoms with van der Waals surface area (Å²) in [6.07, 6.45) is -4.80. The second-order valence-electron chi connectivity index (χ2n) is 10.00.